The first kappa shape index (κ1) is 23.3. The normalized spacial score (nSPS) is 20.1. The van der Waals surface area contributed by atoms with Crippen molar-refractivity contribution >= 4 is 33.4 Å². The molecule has 0 amide bonds. The van der Waals surface area contributed by atoms with Crippen LogP contribution in [0.5, 0.6) is 0 Å². The summed E-state index contributed by atoms with van der Waals surface area (Å²) in [5.74, 6) is 0. The summed E-state index contributed by atoms with van der Waals surface area (Å²) in [5, 5.41) is 6.30. The molecule has 1 aliphatic carbocycles. The van der Waals surface area contributed by atoms with Gasteiger partial charge in [-0.05, 0) is 46.7 Å². The van der Waals surface area contributed by atoms with Crippen LogP contribution in [0.1, 0.15) is 43.0 Å². The quantitative estimate of drug-likeness (QED) is 0.259. The van der Waals surface area contributed by atoms with Crippen molar-refractivity contribution in [2.75, 3.05) is 10.2 Å². The summed E-state index contributed by atoms with van der Waals surface area (Å²) in [6.07, 6.45) is 11.8. The number of rotatable bonds is 3. The van der Waals surface area contributed by atoms with Gasteiger partial charge < -0.3 is 10.2 Å². The average molecular weight is 518 g/mol. The Kier molecular flexibility index (Phi) is 5.06. The van der Waals surface area contributed by atoms with Gasteiger partial charge in [-0.3, -0.25) is 4.98 Å². The van der Waals surface area contributed by atoms with Gasteiger partial charge in [-0.1, -0.05) is 105 Å². The van der Waals surface area contributed by atoms with Crippen molar-refractivity contribution in [3.8, 4) is 11.1 Å². The van der Waals surface area contributed by atoms with E-state index in [1.54, 1.807) is 0 Å². The molecule has 5 aromatic rings. The minimum absolute atomic E-state index is 0.0870. The van der Waals surface area contributed by atoms with Crippen LogP contribution in [0.3, 0.4) is 0 Å². The van der Waals surface area contributed by atoms with Crippen LogP contribution in [-0.2, 0) is 5.41 Å². The Balaban J connectivity index is 1.27. The Hall–Kier alpha value is -4.63. The molecule has 1 N–H and O–H groups in total. The topological polar surface area (TPSA) is 28.2 Å². The summed E-state index contributed by atoms with van der Waals surface area (Å²) in [6, 6.07) is 33.6. The van der Waals surface area contributed by atoms with Crippen LogP contribution in [0.25, 0.3) is 27.5 Å². The lowest BCUT2D eigenvalue weighted by Gasteiger charge is -2.34. The molecule has 1 aromatic heterocycles. The summed E-state index contributed by atoms with van der Waals surface area (Å²) < 4.78 is 0. The molecular formula is C37H31N3. The smallest absolute Gasteiger partial charge is 0.0633 e. The fourth-order valence-electron chi connectivity index (χ4n) is 7.22. The monoisotopic (exact) mass is 517 g/mol. The summed E-state index contributed by atoms with van der Waals surface area (Å²) in [6.45, 7) is 4.79. The van der Waals surface area contributed by atoms with Crippen molar-refractivity contribution in [3.05, 3.63) is 138 Å². The van der Waals surface area contributed by atoms with E-state index in [1.165, 1.54) is 61.2 Å². The van der Waals surface area contributed by atoms with E-state index in [0.717, 1.165) is 6.42 Å². The summed E-state index contributed by atoms with van der Waals surface area (Å²) in [4.78, 5) is 7.13. The van der Waals surface area contributed by atoms with Crippen LogP contribution < -0.4 is 10.2 Å². The molecule has 3 heterocycles. The fraction of sp³-hybridized carbons (Fsp3) is 0.162. The van der Waals surface area contributed by atoms with Crippen molar-refractivity contribution in [2.24, 2.45) is 0 Å². The van der Waals surface area contributed by atoms with Crippen LogP contribution in [0, 0.1) is 0 Å². The Morgan fingerprint density at radius 2 is 1.62 bits per heavy atom. The minimum atomic E-state index is -0.0870. The Morgan fingerprint density at radius 3 is 2.48 bits per heavy atom. The Morgan fingerprint density at radius 1 is 0.825 bits per heavy atom. The summed E-state index contributed by atoms with van der Waals surface area (Å²) in [7, 11) is 0. The number of fused-ring (bicyclic) bond motifs is 6. The maximum atomic E-state index is 4.53. The highest BCUT2D eigenvalue weighted by Crippen LogP contribution is 2.59. The lowest BCUT2D eigenvalue weighted by atomic mass is 9.76. The van der Waals surface area contributed by atoms with Crippen LogP contribution in [0.15, 0.2) is 122 Å². The lowest BCUT2D eigenvalue weighted by Crippen LogP contribution is -2.30. The molecular weight excluding hydrogens is 486 g/mol. The second-order valence-electron chi connectivity index (χ2n) is 11.7. The maximum absolute atomic E-state index is 4.53. The van der Waals surface area contributed by atoms with E-state index in [9.17, 15) is 0 Å². The first-order valence-corrected chi connectivity index (χ1v) is 14.2. The maximum Gasteiger partial charge on any atom is 0.0633 e. The molecule has 3 aliphatic rings. The van der Waals surface area contributed by atoms with Crippen LogP contribution in [0.2, 0.25) is 0 Å². The molecule has 3 heteroatoms. The highest BCUT2D eigenvalue weighted by Gasteiger charge is 2.47. The number of aromatic nitrogens is 1. The number of nitrogens with one attached hydrogen (secondary N) is 1. The van der Waals surface area contributed by atoms with Gasteiger partial charge in [-0.15, -0.1) is 0 Å². The molecule has 194 valence electrons. The molecule has 3 nitrogen and oxygen atoms in total. The number of anilines is 3. The molecule has 0 saturated carbocycles. The minimum Gasteiger partial charge on any atom is -0.377 e. The number of hydrogen-bond acceptors (Lipinski definition) is 3. The van der Waals surface area contributed by atoms with E-state index in [2.05, 4.69) is 138 Å². The standard InChI is InChI=1S/C37H31N3/c1-37(2)34-32(39-36(37)25-10-4-3-5-11-25)21-20-30-29-14-8-9-15-33(29)40(35(30)34)27-18-16-24(17-19-27)31-23-38-22-26-12-6-7-13-28(26)31/h3-14,16-23,33,36,39H,15H2,1-2H3. The molecule has 2 atom stereocenters. The van der Waals surface area contributed by atoms with E-state index in [4.69, 9.17) is 0 Å². The number of allylic oxidation sites excluding steroid dienone is 2. The molecule has 0 spiro atoms. The van der Waals surface area contributed by atoms with Gasteiger partial charge in [-0.2, -0.15) is 0 Å². The molecule has 8 rings (SSSR count). The van der Waals surface area contributed by atoms with E-state index < -0.39 is 0 Å². The van der Waals surface area contributed by atoms with Crippen LogP contribution >= 0.6 is 0 Å². The van der Waals surface area contributed by atoms with E-state index in [-0.39, 0.29) is 11.5 Å². The SMILES string of the molecule is CC1(C)c2c(ccc3c2N(c2ccc(-c4cncc5ccccc45)cc2)C2CC=CC=C32)NC1c1ccccc1. The van der Waals surface area contributed by atoms with Crippen LogP contribution in [-0.4, -0.2) is 11.0 Å². The third kappa shape index (κ3) is 3.34. The van der Waals surface area contributed by atoms with Gasteiger partial charge in [-0.25, -0.2) is 0 Å². The summed E-state index contributed by atoms with van der Waals surface area (Å²) >= 11 is 0. The second kappa shape index (κ2) is 8.69. The Labute approximate surface area is 235 Å². The molecule has 40 heavy (non-hydrogen) atoms. The summed E-state index contributed by atoms with van der Waals surface area (Å²) in [5.41, 5.74) is 11.6. The predicted octanol–water partition coefficient (Wildman–Crippen LogP) is 9.21. The first-order valence-electron chi connectivity index (χ1n) is 14.2. The highest BCUT2D eigenvalue weighted by molar-refractivity contribution is 5.99. The molecule has 4 aromatic carbocycles. The van der Waals surface area contributed by atoms with Gasteiger partial charge in [0.15, 0.2) is 0 Å². The molecule has 0 radical (unpaired) electrons. The van der Waals surface area contributed by atoms with E-state index in [1.807, 2.05) is 12.4 Å². The van der Waals surface area contributed by atoms with Gasteiger partial charge in [0.1, 0.15) is 0 Å². The van der Waals surface area contributed by atoms with Gasteiger partial charge in [0.05, 0.1) is 17.8 Å². The van der Waals surface area contributed by atoms with Crippen molar-refractivity contribution in [1.82, 2.24) is 4.98 Å². The second-order valence-corrected chi connectivity index (χ2v) is 11.7. The molecule has 2 aliphatic heterocycles. The van der Waals surface area contributed by atoms with E-state index in [0.29, 0.717) is 6.04 Å². The predicted molar refractivity (Wildman–Crippen MR) is 167 cm³/mol. The first-order chi connectivity index (χ1) is 19.6. The number of pyridine rings is 1. The lowest BCUT2D eigenvalue weighted by molar-refractivity contribution is 0.474. The molecule has 0 fully saturated rings. The van der Waals surface area contributed by atoms with Gasteiger partial charge in [0.2, 0.25) is 0 Å². The van der Waals surface area contributed by atoms with Gasteiger partial charge in [0.25, 0.3) is 0 Å². The van der Waals surface area contributed by atoms with Gasteiger partial charge in [0, 0.05) is 51.3 Å². The molecule has 0 saturated heterocycles. The molecule has 2 unspecified atom stereocenters. The highest BCUT2D eigenvalue weighted by atomic mass is 15.2. The van der Waals surface area contributed by atoms with Crippen molar-refractivity contribution < 1.29 is 0 Å². The molecule has 0 bridgehead atoms. The zero-order chi connectivity index (χ0) is 26.8. The third-order valence-corrected chi connectivity index (χ3v) is 9.10. The number of nitrogens with zero attached hydrogens (tertiary/aromatic N) is 2. The van der Waals surface area contributed by atoms with Crippen molar-refractivity contribution in [2.45, 2.75) is 37.8 Å². The van der Waals surface area contributed by atoms with Crippen LogP contribution in [0.4, 0.5) is 17.1 Å². The fourth-order valence-corrected chi connectivity index (χ4v) is 7.22. The zero-order valence-electron chi connectivity index (χ0n) is 22.8. The van der Waals surface area contributed by atoms with Gasteiger partial charge >= 0.3 is 0 Å². The van der Waals surface area contributed by atoms with Crippen molar-refractivity contribution in [3.63, 3.8) is 0 Å². The number of hydrogen-bond donors (Lipinski definition) is 1. The van der Waals surface area contributed by atoms with E-state index >= 15 is 0 Å². The third-order valence-electron chi connectivity index (χ3n) is 9.10. The number of benzene rings is 4. The van der Waals surface area contributed by atoms with Crippen molar-refractivity contribution in [1.29, 1.82) is 0 Å². The Bertz CT molecular complexity index is 1820. The zero-order valence-corrected chi connectivity index (χ0v) is 22.8. The average Bonchev–Trinajstić information content (AvgIpc) is 3.48. The largest absolute Gasteiger partial charge is 0.377 e.